The molecule has 9 aromatic rings. The number of benzene rings is 8. The van der Waals surface area contributed by atoms with Gasteiger partial charge in [-0.05, 0) is 74.3 Å². The molecular weight excluding hydrogens is 703 g/mol. The van der Waals surface area contributed by atoms with E-state index in [4.69, 9.17) is 13.8 Å². The van der Waals surface area contributed by atoms with E-state index in [1.165, 1.54) is 0 Å². The van der Waals surface area contributed by atoms with Gasteiger partial charge in [0.15, 0.2) is 0 Å². The van der Waals surface area contributed by atoms with Crippen molar-refractivity contribution >= 4 is 0 Å². The highest BCUT2D eigenvalue weighted by Gasteiger charge is 2.36. The number of hydrogen-bond acceptors (Lipinski definition) is 2. The summed E-state index contributed by atoms with van der Waals surface area (Å²) >= 11 is 0. The molecule has 0 amide bonds. The topological polar surface area (TPSA) is 22.1 Å². The molecule has 0 aliphatic carbocycles. The minimum atomic E-state index is -2.34. The molecule has 0 saturated carbocycles. The predicted octanol–water partition coefficient (Wildman–Crippen LogP) is 15.2. The van der Waals surface area contributed by atoms with Gasteiger partial charge in [-0.3, -0.25) is 4.98 Å². The summed E-state index contributed by atoms with van der Waals surface area (Å²) in [5.74, 6) is 1.11. The van der Waals surface area contributed by atoms with Crippen molar-refractivity contribution in [1.82, 2.24) is 4.98 Å². The van der Waals surface area contributed by atoms with Crippen molar-refractivity contribution in [3.05, 3.63) is 224 Å². The van der Waals surface area contributed by atoms with Gasteiger partial charge in [-0.25, -0.2) is 0 Å². The Morgan fingerprint density at radius 1 is 0.414 bits per heavy atom. The Morgan fingerprint density at radius 2 is 0.862 bits per heavy atom. The lowest BCUT2D eigenvalue weighted by Crippen LogP contribution is -2.24. The van der Waals surface area contributed by atoms with Gasteiger partial charge in [-0.15, -0.1) is 0 Å². The molecule has 8 aromatic carbocycles. The zero-order chi connectivity index (χ0) is 41.6. The molecule has 1 unspecified atom stereocenters. The lowest BCUT2D eigenvalue weighted by Gasteiger charge is -2.35. The molecule has 58 heavy (non-hydrogen) atoms. The first-order chi connectivity index (χ1) is 29.8. The van der Waals surface area contributed by atoms with Crippen LogP contribution >= 0.6 is 0 Å². The van der Waals surface area contributed by atoms with Gasteiger partial charge in [0.25, 0.3) is 0 Å². The van der Waals surface area contributed by atoms with Crippen molar-refractivity contribution in [2.24, 2.45) is 0 Å². The maximum absolute atomic E-state index is 8.85. The standard InChI is InChI=1S/C56H41NO/c1-56(2)45-32-15-16-35-48(45)58-55-44(31-20-33-46(55)56)42-29-19-30-43(37-42)53-50(39-23-9-4-10-24-39)49(38-21-7-3-8-22-38)51(40-25-11-5-12-26-40)54(47-34-17-18-36-57-47)52(53)41-27-13-6-14-28-41/h3-37H,1-2H3/i1D3. The second kappa shape index (κ2) is 14.7. The summed E-state index contributed by atoms with van der Waals surface area (Å²) in [7, 11) is 0. The monoisotopic (exact) mass is 746 g/mol. The lowest BCUT2D eigenvalue weighted by atomic mass is 9.74. The number of fused-ring (bicyclic) bond motifs is 2. The van der Waals surface area contributed by atoms with E-state index in [1.807, 2.05) is 61.7 Å². The largest absolute Gasteiger partial charge is 0.456 e. The molecule has 1 atom stereocenters. The lowest BCUT2D eigenvalue weighted by molar-refractivity contribution is 0.419. The van der Waals surface area contributed by atoms with E-state index in [-0.39, 0.29) is 0 Å². The molecule has 2 nitrogen and oxygen atoms in total. The molecule has 1 aromatic heterocycles. The molecule has 1 aliphatic heterocycles. The molecule has 0 saturated heterocycles. The third kappa shape index (κ3) is 6.02. The summed E-state index contributed by atoms with van der Waals surface area (Å²) in [6.45, 7) is -0.523. The maximum Gasteiger partial charge on any atom is 0.139 e. The Labute approximate surface area is 345 Å². The predicted molar refractivity (Wildman–Crippen MR) is 241 cm³/mol. The molecule has 10 rings (SSSR count). The van der Waals surface area contributed by atoms with E-state index in [9.17, 15) is 0 Å². The van der Waals surface area contributed by atoms with E-state index in [0.717, 1.165) is 78.0 Å². The first-order valence-electron chi connectivity index (χ1n) is 21.2. The van der Waals surface area contributed by atoms with E-state index in [0.29, 0.717) is 22.6 Å². The molecule has 2 heterocycles. The average Bonchev–Trinajstić information content (AvgIpc) is 3.31. The number of nitrogens with zero attached hydrogens (tertiary/aromatic N) is 1. The number of aromatic nitrogens is 1. The summed E-state index contributed by atoms with van der Waals surface area (Å²) in [6.07, 6.45) is 1.87. The Kier molecular flexibility index (Phi) is 8.05. The molecule has 1 aliphatic rings. The molecule has 0 bridgehead atoms. The first kappa shape index (κ1) is 31.9. The zero-order valence-corrected chi connectivity index (χ0v) is 32.1. The van der Waals surface area contributed by atoms with Gasteiger partial charge in [0, 0.05) is 49.1 Å². The van der Waals surface area contributed by atoms with Crippen LogP contribution in [0, 0.1) is 0 Å². The van der Waals surface area contributed by atoms with Crippen molar-refractivity contribution in [3.8, 4) is 89.5 Å². The fourth-order valence-electron chi connectivity index (χ4n) is 8.71. The van der Waals surface area contributed by atoms with Crippen LogP contribution in [-0.4, -0.2) is 4.98 Å². The number of para-hydroxylation sites is 2. The van der Waals surface area contributed by atoms with Crippen LogP contribution < -0.4 is 4.74 Å². The quantitative estimate of drug-likeness (QED) is 0.162. The number of hydrogen-bond donors (Lipinski definition) is 0. The van der Waals surface area contributed by atoms with E-state index in [1.54, 1.807) is 0 Å². The summed E-state index contributed by atoms with van der Waals surface area (Å²) in [4.78, 5) is 5.10. The molecule has 0 radical (unpaired) electrons. The highest BCUT2D eigenvalue weighted by atomic mass is 16.5. The molecule has 0 spiro atoms. The van der Waals surface area contributed by atoms with Gasteiger partial charge in [0.05, 0.1) is 5.69 Å². The fraction of sp³-hybridized carbons (Fsp3) is 0.0536. The van der Waals surface area contributed by atoms with Crippen molar-refractivity contribution in [1.29, 1.82) is 0 Å². The average molecular weight is 747 g/mol. The molecular formula is C56H41NO. The van der Waals surface area contributed by atoms with Gasteiger partial charge in [-0.1, -0.05) is 196 Å². The molecule has 0 fully saturated rings. The van der Waals surface area contributed by atoms with Crippen molar-refractivity contribution in [2.75, 3.05) is 0 Å². The van der Waals surface area contributed by atoms with Crippen LogP contribution in [0.5, 0.6) is 11.5 Å². The Hall–Kier alpha value is -7.29. The van der Waals surface area contributed by atoms with Gasteiger partial charge in [-0.2, -0.15) is 0 Å². The highest BCUT2D eigenvalue weighted by molar-refractivity contribution is 6.14. The second-order valence-electron chi connectivity index (χ2n) is 14.9. The fourth-order valence-corrected chi connectivity index (χ4v) is 8.71. The normalized spacial score (nSPS) is 15.2. The maximum atomic E-state index is 8.85. The van der Waals surface area contributed by atoms with Gasteiger partial charge in [0.1, 0.15) is 11.5 Å². The number of pyridine rings is 1. The number of rotatable bonds is 7. The van der Waals surface area contributed by atoms with E-state index >= 15 is 0 Å². The van der Waals surface area contributed by atoms with E-state index in [2.05, 4.69) is 158 Å². The Balaban J connectivity index is 1.36. The van der Waals surface area contributed by atoms with Crippen molar-refractivity contribution in [3.63, 3.8) is 0 Å². The Bertz CT molecular complexity index is 2920. The van der Waals surface area contributed by atoms with Crippen LogP contribution in [0.25, 0.3) is 78.0 Å². The van der Waals surface area contributed by atoms with Crippen LogP contribution in [0.1, 0.15) is 29.0 Å². The van der Waals surface area contributed by atoms with Gasteiger partial charge >= 0.3 is 0 Å². The summed E-state index contributed by atoms with van der Waals surface area (Å²) in [5, 5.41) is 0. The smallest absolute Gasteiger partial charge is 0.139 e. The van der Waals surface area contributed by atoms with Crippen molar-refractivity contribution in [2.45, 2.75) is 19.2 Å². The third-order valence-corrected chi connectivity index (χ3v) is 11.3. The Morgan fingerprint density at radius 3 is 1.41 bits per heavy atom. The second-order valence-corrected chi connectivity index (χ2v) is 14.9. The summed E-state index contributed by atoms with van der Waals surface area (Å²) < 4.78 is 33.3. The molecule has 2 heteroatoms. The van der Waals surface area contributed by atoms with Crippen LogP contribution in [0.3, 0.4) is 0 Å². The van der Waals surface area contributed by atoms with Crippen LogP contribution in [0.2, 0.25) is 0 Å². The SMILES string of the molecule is [2H]C([2H])([2H])C1(C)c2ccccc2Oc2c(-c3cccc(-c4c(-c5ccccc5)c(-c5ccccc5)c(-c5ccccc5)c(-c5ccccn5)c4-c4ccccc4)c3)cccc21. The summed E-state index contributed by atoms with van der Waals surface area (Å²) in [6, 6.07) is 70.8. The highest BCUT2D eigenvalue weighted by Crippen LogP contribution is 2.56. The molecule has 276 valence electrons. The zero-order valence-electron chi connectivity index (χ0n) is 35.1. The van der Waals surface area contributed by atoms with Crippen LogP contribution in [0.4, 0.5) is 0 Å². The van der Waals surface area contributed by atoms with Crippen LogP contribution in [0.15, 0.2) is 212 Å². The van der Waals surface area contributed by atoms with Crippen molar-refractivity contribution < 1.29 is 8.85 Å². The van der Waals surface area contributed by atoms with E-state index < -0.39 is 12.3 Å². The minimum Gasteiger partial charge on any atom is -0.456 e. The molecule has 0 N–H and O–H groups in total. The van der Waals surface area contributed by atoms with Gasteiger partial charge < -0.3 is 4.74 Å². The third-order valence-electron chi connectivity index (χ3n) is 11.3. The first-order valence-corrected chi connectivity index (χ1v) is 19.7. The summed E-state index contributed by atoms with van der Waals surface area (Å²) in [5.41, 5.74) is 14.3. The minimum absolute atomic E-state index is 0.555. The van der Waals surface area contributed by atoms with Crippen LogP contribution in [-0.2, 0) is 5.41 Å². The number of ether oxygens (including phenoxy) is 1. The van der Waals surface area contributed by atoms with Gasteiger partial charge in [0.2, 0.25) is 0 Å².